The second-order valence-electron chi connectivity index (χ2n) is 8.05. The zero-order valence-corrected chi connectivity index (χ0v) is 19.9. The van der Waals surface area contributed by atoms with Gasteiger partial charge in [-0.25, -0.2) is 9.82 Å². The third kappa shape index (κ3) is 5.81. The molecule has 6 nitrogen and oxygen atoms in total. The Balaban J connectivity index is 1.46. The number of nitrogens with one attached hydrogen (secondary N) is 1. The third-order valence-electron chi connectivity index (χ3n) is 5.63. The highest BCUT2D eigenvalue weighted by Crippen LogP contribution is 2.35. The number of hydrogen-bond donors (Lipinski definition) is 1. The molecule has 1 aromatic heterocycles. The van der Waals surface area contributed by atoms with Crippen molar-refractivity contribution in [2.75, 3.05) is 5.75 Å². The van der Waals surface area contributed by atoms with Gasteiger partial charge in [-0.05, 0) is 31.9 Å². The monoisotopic (exact) mass is 485 g/mol. The molecule has 3 aromatic rings. The van der Waals surface area contributed by atoms with Crippen LogP contribution >= 0.6 is 23.4 Å². The molecule has 33 heavy (non-hydrogen) atoms. The number of rotatable bonds is 7. The predicted molar refractivity (Wildman–Crippen MR) is 130 cm³/mol. The molecular weight excluding hydrogens is 461 g/mol. The number of aryl methyl sites for hydroxylation is 1. The number of thioether (sulfide) groups is 1. The van der Waals surface area contributed by atoms with E-state index in [1.165, 1.54) is 54.9 Å². The number of carbonyl (C=O) groups is 1. The van der Waals surface area contributed by atoms with Crippen LogP contribution in [0.4, 0.5) is 4.39 Å². The van der Waals surface area contributed by atoms with Gasteiger partial charge in [0.2, 0.25) is 0 Å². The molecule has 0 spiro atoms. The SMILES string of the molecule is Cc1ccc(-c2nnc(SCC(=O)NN=Cc3c(F)cccc3Cl)n2C2CCCCC2)cc1. The van der Waals surface area contributed by atoms with Gasteiger partial charge in [0, 0.05) is 17.2 Å². The van der Waals surface area contributed by atoms with E-state index in [-0.39, 0.29) is 22.2 Å². The average Bonchev–Trinajstić information content (AvgIpc) is 3.24. The fourth-order valence-corrected chi connectivity index (χ4v) is 4.92. The molecule has 1 N–H and O–H groups in total. The van der Waals surface area contributed by atoms with Crippen molar-refractivity contribution in [2.24, 2.45) is 5.10 Å². The van der Waals surface area contributed by atoms with Gasteiger partial charge in [0.05, 0.1) is 17.0 Å². The lowest BCUT2D eigenvalue weighted by Gasteiger charge is -2.25. The minimum atomic E-state index is -0.501. The van der Waals surface area contributed by atoms with E-state index in [0.717, 1.165) is 24.2 Å². The molecule has 1 aliphatic carbocycles. The summed E-state index contributed by atoms with van der Waals surface area (Å²) in [7, 11) is 0. The van der Waals surface area contributed by atoms with Crippen molar-refractivity contribution in [2.45, 2.75) is 50.2 Å². The summed E-state index contributed by atoms with van der Waals surface area (Å²) < 4.78 is 16.0. The van der Waals surface area contributed by atoms with Gasteiger partial charge >= 0.3 is 0 Å². The molecule has 1 saturated carbocycles. The van der Waals surface area contributed by atoms with Crippen LogP contribution < -0.4 is 5.43 Å². The first-order valence-electron chi connectivity index (χ1n) is 10.9. The summed E-state index contributed by atoms with van der Waals surface area (Å²) in [4.78, 5) is 12.3. The van der Waals surface area contributed by atoms with Gasteiger partial charge in [-0.2, -0.15) is 5.10 Å². The lowest BCUT2D eigenvalue weighted by Crippen LogP contribution is -2.21. The number of hydrazone groups is 1. The Morgan fingerprint density at radius 1 is 1.21 bits per heavy atom. The van der Waals surface area contributed by atoms with Crippen LogP contribution in [0.3, 0.4) is 0 Å². The van der Waals surface area contributed by atoms with E-state index in [9.17, 15) is 9.18 Å². The molecule has 172 valence electrons. The van der Waals surface area contributed by atoms with Crippen molar-refractivity contribution >= 4 is 35.5 Å². The quantitative estimate of drug-likeness (QED) is 0.261. The maximum absolute atomic E-state index is 13.8. The maximum Gasteiger partial charge on any atom is 0.250 e. The molecule has 1 amide bonds. The number of amides is 1. The molecule has 2 aromatic carbocycles. The van der Waals surface area contributed by atoms with Gasteiger partial charge in [0.15, 0.2) is 11.0 Å². The van der Waals surface area contributed by atoms with Crippen molar-refractivity contribution in [1.29, 1.82) is 0 Å². The van der Waals surface area contributed by atoms with Crippen LogP contribution in [0.15, 0.2) is 52.7 Å². The second-order valence-corrected chi connectivity index (χ2v) is 9.40. The second kappa shape index (κ2) is 10.9. The summed E-state index contributed by atoms with van der Waals surface area (Å²) in [5, 5.41) is 13.7. The molecule has 0 unspecified atom stereocenters. The number of halogens is 2. The molecule has 4 rings (SSSR count). The Kier molecular flexibility index (Phi) is 7.77. The van der Waals surface area contributed by atoms with Crippen molar-refractivity contribution in [3.63, 3.8) is 0 Å². The lowest BCUT2D eigenvalue weighted by molar-refractivity contribution is -0.118. The Morgan fingerprint density at radius 2 is 1.97 bits per heavy atom. The number of hydrogen-bond acceptors (Lipinski definition) is 5. The largest absolute Gasteiger partial charge is 0.299 e. The zero-order valence-electron chi connectivity index (χ0n) is 18.3. The maximum atomic E-state index is 13.8. The van der Waals surface area contributed by atoms with Gasteiger partial charge in [-0.15, -0.1) is 10.2 Å². The molecule has 9 heteroatoms. The summed E-state index contributed by atoms with van der Waals surface area (Å²) in [6.45, 7) is 2.05. The minimum Gasteiger partial charge on any atom is -0.299 e. The molecule has 0 radical (unpaired) electrons. The van der Waals surface area contributed by atoms with Gasteiger partial charge in [0.25, 0.3) is 5.91 Å². The molecule has 0 saturated heterocycles. The molecule has 1 aliphatic rings. The standard InChI is InChI=1S/C24H25ClFN5OS/c1-16-10-12-17(13-11-16)23-29-30-24(31(23)18-6-3-2-4-7-18)33-15-22(32)28-27-14-19-20(25)8-5-9-21(19)26/h5,8-14,18H,2-4,6-7,15H2,1H3,(H,28,32). The van der Waals surface area contributed by atoms with Crippen molar-refractivity contribution in [3.05, 3.63) is 64.4 Å². The number of aromatic nitrogens is 3. The molecule has 0 atom stereocenters. The van der Waals surface area contributed by atoms with E-state index in [4.69, 9.17) is 11.6 Å². The zero-order chi connectivity index (χ0) is 23.2. The van der Waals surface area contributed by atoms with Gasteiger partial charge in [0.1, 0.15) is 5.82 Å². The number of benzene rings is 2. The van der Waals surface area contributed by atoms with Crippen LogP contribution in [0.5, 0.6) is 0 Å². The van der Waals surface area contributed by atoms with Crippen molar-refractivity contribution in [3.8, 4) is 11.4 Å². The van der Waals surface area contributed by atoms with Crippen LogP contribution in [-0.2, 0) is 4.79 Å². The Hall–Kier alpha value is -2.71. The lowest BCUT2D eigenvalue weighted by atomic mass is 9.95. The van der Waals surface area contributed by atoms with E-state index >= 15 is 0 Å². The van der Waals surface area contributed by atoms with Gasteiger partial charge in [-0.1, -0.05) is 78.5 Å². The summed E-state index contributed by atoms with van der Waals surface area (Å²) >= 11 is 7.30. The Labute approximate surface area is 201 Å². The van der Waals surface area contributed by atoms with Crippen molar-refractivity contribution in [1.82, 2.24) is 20.2 Å². The first-order valence-corrected chi connectivity index (χ1v) is 12.3. The van der Waals surface area contributed by atoms with Crippen LogP contribution in [0.25, 0.3) is 11.4 Å². The molecule has 0 aliphatic heterocycles. The predicted octanol–water partition coefficient (Wildman–Crippen LogP) is 5.79. The highest BCUT2D eigenvalue weighted by Gasteiger charge is 2.24. The topological polar surface area (TPSA) is 72.2 Å². The summed E-state index contributed by atoms with van der Waals surface area (Å²) in [5.74, 6) is 0.121. The highest BCUT2D eigenvalue weighted by molar-refractivity contribution is 7.99. The summed E-state index contributed by atoms with van der Waals surface area (Å²) in [6.07, 6.45) is 6.95. The van der Waals surface area contributed by atoms with Crippen molar-refractivity contribution < 1.29 is 9.18 Å². The fraction of sp³-hybridized carbons (Fsp3) is 0.333. The van der Waals surface area contributed by atoms with E-state index in [1.807, 2.05) is 0 Å². The van der Waals surface area contributed by atoms with Gasteiger partial charge in [-0.3, -0.25) is 9.36 Å². The Bertz CT molecular complexity index is 1120. The van der Waals surface area contributed by atoms with E-state index < -0.39 is 5.82 Å². The summed E-state index contributed by atoms with van der Waals surface area (Å²) in [6, 6.07) is 12.9. The minimum absolute atomic E-state index is 0.112. The fourth-order valence-electron chi connectivity index (χ4n) is 3.91. The highest BCUT2D eigenvalue weighted by atomic mass is 35.5. The van der Waals surface area contributed by atoms with Gasteiger partial charge < -0.3 is 0 Å². The first kappa shape index (κ1) is 23.4. The number of carbonyl (C=O) groups excluding carboxylic acids is 1. The van der Waals surface area contributed by atoms with E-state index in [0.29, 0.717) is 11.2 Å². The van der Waals surface area contributed by atoms with Crippen LogP contribution in [0.2, 0.25) is 5.02 Å². The first-order chi connectivity index (χ1) is 16.0. The molecule has 1 fully saturated rings. The van der Waals surface area contributed by atoms with E-state index in [2.05, 4.69) is 56.5 Å². The third-order valence-corrected chi connectivity index (χ3v) is 6.90. The number of nitrogens with zero attached hydrogens (tertiary/aromatic N) is 4. The molecule has 0 bridgehead atoms. The van der Waals surface area contributed by atoms with Crippen LogP contribution in [0, 0.1) is 12.7 Å². The van der Waals surface area contributed by atoms with E-state index in [1.54, 1.807) is 6.07 Å². The summed E-state index contributed by atoms with van der Waals surface area (Å²) in [5.41, 5.74) is 4.76. The van der Waals surface area contributed by atoms with Crippen LogP contribution in [0.1, 0.15) is 49.3 Å². The smallest absolute Gasteiger partial charge is 0.250 e. The molecular formula is C24H25ClFN5OS. The molecule has 1 heterocycles. The average molecular weight is 486 g/mol. The normalized spacial score (nSPS) is 14.6. The van der Waals surface area contributed by atoms with Crippen LogP contribution in [-0.4, -0.2) is 32.6 Å². The Morgan fingerprint density at radius 3 is 2.70 bits per heavy atom.